The summed E-state index contributed by atoms with van der Waals surface area (Å²) in [6, 6.07) is 10.4. The van der Waals surface area contributed by atoms with Crippen molar-refractivity contribution in [1.29, 1.82) is 0 Å². The maximum atomic E-state index is 14.4. The molecule has 0 spiro atoms. The summed E-state index contributed by atoms with van der Waals surface area (Å²) in [5.74, 6) is 0.480. The van der Waals surface area contributed by atoms with Crippen molar-refractivity contribution in [3.8, 4) is 22.6 Å². The van der Waals surface area contributed by atoms with Gasteiger partial charge in [0.25, 0.3) is 5.56 Å². The van der Waals surface area contributed by atoms with Crippen LogP contribution in [0, 0.1) is 5.92 Å². The van der Waals surface area contributed by atoms with E-state index in [1.165, 1.54) is 26.4 Å². The number of aromatic nitrogens is 3. The Labute approximate surface area is 306 Å². The average molecular weight is 736 g/mol. The van der Waals surface area contributed by atoms with Gasteiger partial charge < -0.3 is 29.7 Å². The van der Waals surface area contributed by atoms with Gasteiger partial charge in [0.05, 0.1) is 49.1 Å². The molecule has 2 aromatic carbocycles. The molecule has 1 aliphatic heterocycles. The van der Waals surface area contributed by atoms with E-state index in [1.807, 2.05) is 43.3 Å². The molecule has 4 aromatic rings. The third kappa shape index (κ3) is 8.95. The second kappa shape index (κ2) is 17.0. The van der Waals surface area contributed by atoms with Gasteiger partial charge in [-0.25, -0.2) is 4.98 Å². The minimum absolute atomic E-state index is 0.0724. The zero-order chi connectivity index (χ0) is 36.7. The Morgan fingerprint density at radius 2 is 1.80 bits per heavy atom. The number of anilines is 2. The second-order valence-electron chi connectivity index (χ2n) is 12.3. The molecular formula is C37H40Cl2N6O6. The number of rotatable bonds is 15. The number of ketones is 1. The molecule has 0 unspecified atom stereocenters. The molecule has 51 heavy (non-hydrogen) atoms. The van der Waals surface area contributed by atoms with Gasteiger partial charge in [0.1, 0.15) is 17.1 Å². The molecule has 14 heteroatoms. The zero-order valence-corrected chi connectivity index (χ0v) is 30.4. The predicted octanol–water partition coefficient (Wildman–Crippen LogP) is 5.65. The molecule has 1 aliphatic rings. The number of allylic oxidation sites excluding steroid dienone is 1. The number of nitrogens with one attached hydrogen (secondary N) is 2. The third-order valence-electron chi connectivity index (χ3n) is 8.46. The molecule has 0 saturated carbocycles. The number of pyridine rings is 1. The van der Waals surface area contributed by atoms with Crippen LogP contribution in [0.15, 0.2) is 72.2 Å². The number of carbonyl (C=O) groups is 2. The fourth-order valence-corrected chi connectivity index (χ4v) is 6.46. The van der Waals surface area contributed by atoms with Crippen molar-refractivity contribution in [3.05, 3.63) is 93.4 Å². The SMILES string of the molecule is C=CC(=O)C[C@H]1COC[C@H]1Nc1ncc2cc(-c3c(Cl)c(OC)cc(OC)c3Cl)c(=O)n(CCc3ccc(NC(=O)/C=C/CN(C)C)cc3)c2n1. The van der Waals surface area contributed by atoms with Gasteiger partial charge >= 0.3 is 0 Å². The van der Waals surface area contributed by atoms with Gasteiger partial charge in [0.2, 0.25) is 11.9 Å². The highest BCUT2D eigenvalue weighted by Gasteiger charge is 2.30. The van der Waals surface area contributed by atoms with Crippen molar-refractivity contribution in [1.82, 2.24) is 19.4 Å². The Morgan fingerprint density at radius 3 is 2.45 bits per heavy atom. The van der Waals surface area contributed by atoms with E-state index in [-0.39, 0.29) is 63.7 Å². The molecular weight excluding hydrogens is 695 g/mol. The van der Waals surface area contributed by atoms with Crippen LogP contribution in [0.4, 0.5) is 11.6 Å². The molecule has 0 aliphatic carbocycles. The Balaban J connectivity index is 1.51. The molecule has 1 amide bonds. The summed E-state index contributed by atoms with van der Waals surface area (Å²) in [5.41, 5.74) is 2.03. The lowest BCUT2D eigenvalue weighted by Gasteiger charge is -2.19. The summed E-state index contributed by atoms with van der Waals surface area (Å²) < 4.78 is 18.1. The van der Waals surface area contributed by atoms with E-state index in [1.54, 1.807) is 29.0 Å². The number of aryl methyl sites for hydroxylation is 2. The van der Waals surface area contributed by atoms with Crippen LogP contribution in [0.25, 0.3) is 22.2 Å². The fraction of sp³-hybridized carbons (Fsp3) is 0.324. The first-order chi connectivity index (χ1) is 24.5. The van der Waals surface area contributed by atoms with Crippen molar-refractivity contribution in [2.45, 2.75) is 25.4 Å². The van der Waals surface area contributed by atoms with Crippen LogP contribution < -0.4 is 25.7 Å². The van der Waals surface area contributed by atoms with E-state index in [9.17, 15) is 14.4 Å². The van der Waals surface area contributed by atoms with Crippen LogP contribution in [0.1, 0.15) is 12.0 Å². The predicted molar refractivity (Wildman–Crippen MR) is 200 cm³/mol. The number of carbonyl (C=O) groups excluding carboxylic acids is 2. The van der Waals surface area contributed by atoms with E-state index in [2.05, 4.69) is 22.2 Å². The molecule has 5 rings (SSSR count). The highest BCUT2D eigenvalue weighted by Crippen LogP contribution is 2.45. The van der Waals surface area contributed by atoms with E-state index in [0.29, 0.717) is 54.4 Å². The summed E-state index contributed by atoms with van der Waals surface area (Å²) in [6.45, 7) is 5.25. The normalized spacial score (nSPS) is 15.7. The van der Waals surface area contributed by atoms with E-state index < -0.39 is 5.56 Å². The van der Waals surface area contributed by atoms with Crippen LogP contribution >= 0.6 is 23.2 Å². The van der Waals surface area contributed by atoms with Gasteiger partial charge in [-0.1, -0.05) is 48.0 Å². The Kier molecular flexibility index (Phi) is 12.5. The summed E-state index contributed by atoms with van der Waals surface area (Å²) in [7, 11) is 6.78. The van der Waals surface area contributed by atoms with Gasteiger partial charge in [-0.05, 0) is 50.4 Å². The maximum absolute atomic E-state index is 14.4. The largest absolute Gasteiger partial charge is 0.495 e. The van der Waals surface area contributed by atoms with Crippen molar-refractivity contribution >= 4 is 57.6 Å². The molecule has 2 aromatic heterocycles. The Bertz CT molecular complexity index is 1990. The molecule has 0 bridgehead atoms. The first-order valence-electron chi connectivity index (χ1n) is 16.2. The molecule has 1 saturated heterocycles. The number of benzene rings is 2. The lowest BCUT2D eigenvalue weighted by Crippen LogP contribution is -2.30. The van der Waals surface area contributed by atoms with Gasteiger partial charge in [0, 0.05) is 60.4 Å². The van der Waals surface area contributed by atoms with Crippen LogP contribution in [-0.4, -0.2) is 85.2 Å². The standard InChI is InChI=1S/C37H40Cl2N6O6/c1-6-26(46)16-24-20-51-21-28(24)42-37-40-19-23-17-27(32-33(38)29(49-4)18-30(50-5)34(32)39)36(48)45(35(23)43-37)15-13-22-9-11-25(12-10-22)41-31(47)8-7-14-44(2)3/h6-12,17-19,24,28H,1,13-16,20-21H2,2-5H3,(H,41,47)(H,40,42,43)/b8-7+/t24-,28+/m0/s1. The first kappa shape index (κ1) is 37.5. The van der Waals surface area contributed by atoms with Crippen LogP contribution in [0.2, 0.25) is 10.0 Å². The number of hydrogen-bond donors (Lipinski definition) is 2. The maximum Gasteiger partial charge on any atom is 0.260 e. The number of likely N-dealkylation sites (N-methyl/N-ethyl adjacent to an activating group) is 1. The van der Waals surface area contributed by atoms with Crippen LogP contribution in [0.5, 0.6) is 11.5 Å². The minimum Gasteiger partial charge on any atom is -0.495 e. The monoisotopic (exact) mass is 734 g/mol. The lowest BCUT2D eigenvalue weighted by atomic mass is 9.97. The van der Waals surface area contributed by atoms with Crippen molar-refractivity contribution < 1.29 is 23.8 Å². The zero-order valence-electron chi connectivity index (χ0n) is 28.9. The van der Waals surface area contributed by atoms with Crippen molar-refractivity contribution in [3.63, 3.8) is 0 Å². The van der Waals surface area contributed by atoms with Gasteiger partial charge in [-0.15, -0.1) is 0 Å². The van der Waals surface area contributed by atoms with Crippen molar-refractivity contribution in [2.75, 3.05) is 58.7 Å². The van der Waals surface area contributed by atoms with E-state index in [0.717, 1.165) is 5.56 Å². The van der Waals surface area contributed by atoms with Crippen molar-refractivity contribution in [2.24, 2.45) is 5.92 Å². The number of methoxy groups -OCH3 is 2. The highest BCUT2D eigenvalue weighted by atomic mass is 35.5. The molecule has 268 valence electrons. The Morgan fingerprint density at radius 1 is 1.10 bits per heavy atom. The number of hydrogen-bond acceptors (Lipinski definition) is 10. The minimum atomic E-state index is -0.390. The van der Waals surface area contributed by atoms with Crippen LogP contribution in [0.3, 0.4) is 0 Å². The van der Waals surface area contributed by atoms with Gasteiger partial charge in [-0.2, -0.15) is 4.98 Å². The third-order valence-corrected chi connectivity index (χ3v) is 9.21. The smallest absolute Gasteiger partial charge is 0.260 e. The molecule has 2 N–H and O–H groups in total. The van der Waals surface area contributed by atoms with Crippen LogP contribution in [-0.2, 0) is 27.3 Å². The molecule has 3 heterocycles. The average Bonchev–Trinajstić information content (AvgIpc) is 3.54. The molecule has 1 fully saturated rings. The fourth-order valence-electron chi connectivity index (χ4n) is 5.75. The van der Waals surface area contributed by atoms with E-state index in [4.69, 9.17) is 42.4 Å². The summed E-state index contributed by atoms with van der Waals surface area (Å²) in [6.07, 6.45) is 6.95. The Hall–Kier alpha value is -4.75. The first-order valence-corrected chi connectivity index (χ1v) is 17.0. The quantitative estimate of drug-likeness (QED) is 0.147. The number of nitrogens with zero attached hydrogens (tertiary/aromatic N) is 4. The van der Waals surface area contributed by atoms with E-state index >= 15 is 0 Å². The lowest BCUT2D eigenvalue weighted by molar-refractivity contribution is -0.115. The summed E-state index contributed by atoms with van der Waals surface area (Å²) in [5, 5.41) is 7.03. The van der Waals surface area contributed by atoms with Gasteiger partial charge in [0.15, 0.2) is 5.78 Å². The number of amides is 1. The van der Waals surface area contributed by atoms with Gasteiger partial charge in [-0.3, -0.25) is 19.0 Å². The molecule has 0 radical (unpaired) electrons. The number of ether oxygens (including phenoxy) is 3. The highest BCUT2D eigenvalue weighted by molar-refractivity contribution is 6.41. The summed E-state index contributed by atoms with van der Waals surface area (Å²) >= 11 is 13.5. The topological polar surface area (TPSA) is 137 Å². The molecule has 12 nitrogen and oxygen atoms in total. The number of halogens is 2. The second-order valence-corrected chi connectivity index (χ2v) is 13.1. The number of fused-ring (bicyclic) bond motifs is 1. The summed E-state index contributed by atoms with van der Waals surface area (Å²) in [4.78, 5) is 50.1. The molecule has 2 atom stereocenters.